The summed E-state index contributed by atoms with van der Waals surface area (Å²) in [7, 11) is 2.96. The zero-order valence-electron chi connectivity index (χ0n) is 11.1. The predicted molar refractivity (Wildman–Crippen MR) is 72.3 cm³/mol. The van der Waals surface area contributed by atoms with E-state index >= 15 is 0 Å². The number of benzene rings is 1. The Morgan fingerprint density at radius 2 is 1.89 bits per heavy atom. The molecule has 4 heteroatoms. The first-order chi connectivity index (χ1) is 9.15. The second-order valence-electron chi connectivity index (χ2n) is 4.07. The summed E-state index contributed by atoms with van der Waals surface area (Å²) >= 11 is 0. The second-order valence-corrected chi connectivity index (χ2v) is 4.07. The van der Waals surface area contributed by atoms with Crippen molar-refractivity contribution in [2.75, 3.05) is 14.2 Å². The number of hydrogen-bond donors (Lipinski definition) is 0. The highest BCUT2D eigenvalue weighted by Gasteiger charge is 2.12. The molecule has 4 nitrogen and oxygen atoms in total. The Morgan fingerprint density at radius 1 is 1.16 bits per heavy atom. The molecule has 1 aromatic carbocycles. The Bertz CT molecular complexity index is 608. The van der Waals surface area contributed by atoms with E-state index in [0.29, 0.717) is 5.69 Å². The van der Waals surface area contributed by atoms with Gasteiger partial charge in [0.25, 0.3) is 0 Å². The van der Waals surface area contributed by atoms with Crippen molar-refractivity contribution in [1.29, 1.82) is 0 Å². The summed E-state index contributed by atoms with van der Waals surface area (Å²) in [6.07, 6.45) is 0. The monoisotopic (exact) mass is 257 g/mol. The van der Waals surface area contributed by atoms with Crippen LogP contribution in [0.2, 0.25) is 0 Å². The van der Waals surface area contributed by atoms with Gasteiger partial charge in [-0.05, 0) is 30.7 Å². The number of hydrogen-bond acceptors (Lipinski definition) is 4. The van der Waals surface area contributed by atoms with Crippen LogP contribution in [-0.2, 0) is 4.74 Å². The first kappa shape index (κ1) is 13.1. The summed E-state index contributed by atoms with van der Waals surface area (Å²) in [5.74, 6) is 0.309. The molecule has 0 unspecified atom stereocenters. The predicted octanol–water partition coefficient (Wildman–Crippen LogP) is 2.85. The number of rotatable bonds is 3. The van der Waals surface area contributed by atoms with Crippen LogP contribution in [0.4, 0.5) is 0 Å². The van der Waals surface area contributed by atoms with Gasteiger partial charge in [0.05, 0.1) is 14.2 Å². The van der Waals surface area contributed by atoms with Gasteiger partial charge in [0.1, 0.15) is 11.4 Å². The third kappa shape index (κ3) is 2.73. The smallest absolute Gasteiger partial charge is 0.356 e. The van der Waals surface area contributed by atoms with Crippen LogP contribution in [0, 0.1) is 6.92 Å². The van der Waals surface area contributed by atoms with Gasteiger partial charge in [-0.1, -0.05) is 18.2 Å². The van der Waals surface area contributed by atoms with Crippen LogP contribution < -0.4 is 4.74 Å². The molecule has 0 amide bonds. The third-order valence-electron chi connectivity index (χ3n) is 2.77. The lowest BCUT2D eigenvalue weighted by molar-refractivity contribution is 0.0594. The lowest BCUT2D eigenvalue weighted by Gasteiger charge is -2.10. The Morgan fingerprint density at radius 3 is 2.58 bits per heavy atom. The van der Waals surface area contributed by atoms with E-state index in [4.69, 9.17) is 9.47 Å². The second kappa shape index (κ2) is 5.52. The van der Waals surface area contributed by atoms with Crippen LogP contribution in [-0.4, -0.2) is 25.2 Å². The fourth-order valence-corrected chi connectivity index (χ4v) is 1.92. The number of para-hydroxylation sites is 1. The molecule has 1 heterocycles. The molecular weight excluding hydrogens is 242 g/mol. The zero-order chi connectivity index (χ0) is 13.8. The van der Waals surface area contributed by atoms with Gasteiger partial charge in [0.15, 0.2) is 0 Å². The van der Waals surface area contributed by atoms with Gasteiger partial charge in [-0.15, -0.1) is 0 Å². The molecule has 0 atom stereocenters. The maximum atomic E-state index is 11.6. The van der Waals surface area contributed by atoms with Crippen molar-refractivity contribution in [3.8, 4) is 16.9 Å². The molecular formula is C15H15NO3. The maximum absolute atomic E-state index is 11.6. The van der Waals surface area contributed by atoms with Crippen molar-refractivity contribution in [3.05, 3.63) is 47.8 Å². The highest BCUT2D eigenvalue weighted by atomic mass is 16.5. The van der Waals surface area contributed by atoms with E-state index < -0.39 is 5.97 Å². The Kier molecular flexibility index (Phi) is 3.80. The summed E-state index contributed by atoms with van der Waals surface area (Å²) in [6.45, 7) is 1.84. The number of aryl methyl sites for hydroxylation is 1. The van der Waals surface area contributed by atoms with Crippen LogP contribution in [0.5, 0.6) is 5.75 Å². The van der Waals surface area contributed by atoms with E-state index in [1.54, 1.807) is 13.2 Å². The molecule has 0 saturated heterocycles. The molecule has 0 aliphatic rings. The minimum Gasteiger partial charge on any atom is -0.496 e. The van der Waals surface area contributed by atoms with Crippen molar-refractivity contribution in [2.45, 2.75) is 6.92 Å². The number of carbonyl (C=O) groups excluding carboxylic acids is 1. The summed E-state index contributed by atoms with van der Waals surface area (Å²) in [5.41, 5.74) is 2.85. The van der Waals surface area contributed by atoms with Crippen molar-refractivity contribution >= 4 is 5.97 Å². The highest BCUT2D eigenvalue weighted by molar-refractivity contribution is 5.89. The SMILES string of the molecule is COC(=O)c1cc(-c2ccccc2OC)cc(C)n1. The third-order valence-corrected chi connectivity index (χ3v) is 2.77. The van der Waals surface area contributed by atoms with Gasteiger partial charge in [-0.2, -0.15) is 0 Å². The standard InChI is InChI=1S/C15H15NO3/c1-10-8-11(9-13(16-10)15(17)19-3)12-6-4-5-7-14(12)18-2/h4-9H,1-3H3. The van der Waals surface area contributed by atoms with Gasteiger partial charge < -0.3 is 9.47 Å². The molecule has 2 rings (SSSR count). The van der Waals surface area contributed by atoms with Gasteiger partial charge in [-0.3, -0.25) is 0 Å². The molecule has 98 valence electrons. The van der Waals surface area contributed by atoms with Crippen LogP contribution >= 0.6 is 0 Å². The first-order valence-corrected chi connectivity index (χ1v) is 5.86. The quantitative estimate of drug-likeness (QED) is 0.793. The molecule has 19 heavy (non-hydrogen) atoms. The normalized spacial score (nSPS) is 10.1. The maximum Gasteiger partial charge on any atom is 0.356 e. The van der Waals surface area contributed by atoms with Gasteiger partial charge in [0, 0.05) is 11.3 Å². The lowest BCUT2D eigenvalue weighted by Crippen LogP contribution is -2.05. The summed E-state index contributed by atoms with van der Waals surface area (Å²) < 4.78 is 10.0. The zero-order valence-corrected chi connectivity index (χ0v) is 11.1. The van der Waals surface area contributed by atoms with E-state index in [0.717, 1.165) is 22.6 Å². The first-order valence-electron chi connectivity index (χ1n) is 5.86. The van der Waals surface area contributed by atoms with E-state index in [-0.39, 0.29) is 0 Å². The summed E-state index contributed by atoms with van der Waals surface area (Å²) in [5, 5.41) is 0. The van der Waals surface area contributed by atoms with Crippen LogP contribution in [0.1, 0.15) is 16.2 Å². The van der Waals surface area contributed by atoms with Crippen molar-refractivity contribution in [2.24, 2.45) is 0 Å². The number of ether oxygens (including phenoxy) is 2. The largest absolute Gasteiger partial charge is 0.496 e. The number of aromatic nitrogens is 1. The summed E-state index contributed by atoms with van der Waals surface area (Å²) in [4.78, 5) is 15.8. The molecule has 0 radical (unpaired) electrons. The van der Waals surface area contributed by atoms with Gasteiger partial charge in [-0.25, -0.2) is 9.78 Å². The fraction of sp³-hybridized carbons (Fsp3) is 0.200. The summed E-state index contributed by atoms with van der Waals surface area (Å²) in [6, 6.07) is 11.3. The molecule has 0 aliphatic heterocycles. The van der Waals surface area contributed by atoms with Gasteiger partial charge in [0.2, 0.25) is 0 Å². The molecule has 0 saturated carbocycles. The minimum absolute atomic E-state index is 0.295. The number of methoxy groups -OCH3 is 2. The molecule has 0 bridgehead atoms. The average Bonchev–Trinajstić information content (AvgIpc) is 2.45. The number of carbonyl (C=O) groups is 1. The number of pyridine rings is 1. The molecule has 0 fully saturated rings. The lowest BCUT2D eigenvalue weighted by atomic mass is 10.0. The Balaban J connectivity index is 2.56. The van der Waals surface area contributed by atoms with E-state index in [2.05, 4.69) is 4.98 Å². The van der Waals surface area contributed by atoms with Crippen LogP contribution in [0.3, 0.4) is 0 Å². The highest BCUT2D eigenvalue weighted by Crippen LogP contribution is 2.30. The molecule has 0 aliphatic carbocycles. The van der Waals surface area contributed by atoms with Crippen molar-refractivity contribution < 1.29 is 14.3 Å². The fourth-order valence-electron chi connectivity index (χ4n) is 1.92. The topological polar surface area (TPSA) is 48.4 Å². The van der Waals surface area contributed by atoms with Crippen LogP contribution in [0.25, 0.3) is 11.1 Å². The van der Waals surface area contributed by atoms with Gasteiger partial charge >= 0.3 is 5.97 Å². The average molecular weight is 257 g/mol. The van der Waals surface area contributed by atoms with Crippen molar-refractivity contribution in [1.82, 2.24) is 4.98 Å². The molecule has 1 aromatic heterocycles. The number of nitrogens with zero attached hydrogens (tertiary/aromatic N) is 1. The minimum atomic E-state index is -0.445. The van der Waals surface area contributed by atoms with E-state index in [9.17, 15) is 4.79 Å². The van der Waals surface area contributed by atoms with E-state index in [1.807, 2.05) is 37.3 Å². The van der Waals surface area contributed by atoms with E-state index in [1.165, 1.54) is 7.11 Å². The Labute approximate surface area is 112 Å². The van der Waals surface area contributed by atoms with Crippen molar-refractivity contribution in [3.63, 3.8) is 0 Å². The molecule has 0 spiro atoms. The Hall–Kier alpha value is -2.36. The van der Waals surface area contributed by atoms with Crippen LogP contribution in [0.15, 0.2) is 36.4 Å². The molecule has 2 aromatic rings. The number of esters is 1. The molecule has 0 N–H and O–H groups in total.